The molecule has 1 amide bonds. The van der Waals surface area contributed by atoms with Crippen molar-refractivity contribution in [3.05, 3.63) is 29.3 Å². The lowest BCUT2D eigenvalue weighted by atomic mass is 9.97. The predicted octanol–water partition coefficient (Wildman–Crippen LogP) is 3.58. The highest BCUT2D eigenvalue weighted by Crippen LogP contribution is 2.33. The number of amides is 1. The Hall–Kier alpha value is -1.95. The van der Waals surface area contributed by atoms with E-state index in [2.05, 4.69) is 10.2 Å². The molecular formula is C18H23N3O2S. The lowest BCUT2D eigenvalue weighted by Crippen LogP contribution is -2.41. The SMILES string of the molecule is COc1ccc(-c2nnc(C3CCCN(C(=O)C(C)C)C3)s2)cc1. The van der Waals surface area contributed by atoms with Crippen molar-refractivity contribution in [2.24, 2.45) is 5.92 Å². The van der Waals surface area contributed by atoms with E-state index in [9.17, 15) is 4.79 Å². The topological polar surface area (TPSA) is 55.3 Å². The Morgan fingerprint density at radius 1 is 1.29 bits per heavy atom. The van der Waals surface area contributed by atoms with E-state index < -0.39 is 0 Å². The molecule has 1 unspecified atom stereocenters. The maximum absolute atomic E-state index is 12.2. The van der Waals surface area contributed by atoms with Gasteiger partial charge >= 0.3 is 0 Å². The Morgan fingerprint density at radius 3 is 2.71 bits per heavy atom. The number of benzene rings is 1. The molecule has 5 nitrogen and oxygen atoms in total. The van der Waals surface area contributed by atoms with Crippen LogP contribution in [0.1, 0.15) is 37.6 Å². The fourth-order valence-corrected chi connectivity index (χ4v) is 3.97. The molecule has 1 aliphatic rings. The number of hydrogen-bond donors (Lipinski definition) is 0. The summed E-state index contributed by atoms with van der Waals surface area (Å²) in [7, 11) is 1.66. The average molecular weight is 345 g/mol. The zero-order valence-electron chi connectivity index (χ0n) is 14.4. The molecule has 0 N–H and O–H groups in total. The minimum absolute atomic E-state index is 0.0491. The first-order valence-corrected chi connectivity index (χ1v) is 9.16. The van der Waals surface area contributed by atoms with Gasteiger partial charge in [0, 0.05) is 30.5 Å². The molecule has 3 rings (SSSR count). The van der Waals surface area contributed by atoms with E-state index in [0.717, 1.165) is 47.3 Å². The molecule has 1 atom stereocenters. The van der Waals surface area contributed by atoms with Gasteiger partial charge in [-0.25, -0.2) is 0 Å². The molecule has 1 aliphatic heterocycles. The lowest BCUT2D eigenvalue weighted by molar-refractivity contribution is -0.135. The van der Waals surface area contributed by atoms with Gasteiger partial charge in [-0.15, -0.1) is 10.2 Å². The van der Waals surface area contributed by atoms with Crippen LogP contribution < -0.4 is 4.74 Å². The third-order valence-electron chi connectivity index (χ3n) is 4.35. The second kappa shape index (κ2) is 7.30. The first-order chi connectivity index (χ1) is 11.6. The molecule has 0 aliphatic carbocycles. The number of nitrogens with zero attached hydrogens (tertiary/aromatic N) is 3. The Kier molecular flexibility index (Phi) is 5.14. The van der Waals surface area contributed by atoms with Crippen molar-refractivity contribution >= 4 is 17.2 Å². The maximum Gasteiger partial charge on any atom is 0.225 e. The molecule has 2 aromatic rings. The van der Waals surface area contributed by atoms with Crippen molar-refractivity contribution in [1.29, 1.82) is 0 Å². The monoisotopic (exact) mass is 345 g/mol. The number of carbonyl (C=O) groups is 1. The number of rotatable bonds is 4. The fourth-order valence-electron chi connectivity index (χ4n) is 2.99. The van der Waals surface area contributed by atoms with Gasteiger partial charge < -0.3 is 9.64 Å². The van der Waals surface area contributed by atoms with Crippen molar-refractivity contribution in [3.63, 3.8) is 0 Å². The van der Waals surface area contributed by atoms with Gasteiger partial charge in [-0.2, -0.15) is 0 Å². The van der Waals surface area contributed by atoms with Crippen LogP contribution in [0.25, 0.3) is 10.6 Å². The minimum Gasteiger partial charge on any atom is -0.497 e. The maximum atomic E-state index is 12.2. The Morgan fingerprint density at radius 2 is 2.04 bits per heavy atom. The Bertz CT molecular complexity index is 697. The highest BCUT2D eigenvalue weighted by molar-refractivity contribution is 7.14. The van der Waals surface area contributed by atoms with Gasteiger partial charge in [-0.05, 0) is 37.1 Å². The molecule has 128 valence electrons. The average Bonchev–Trinajstić information content (AvgIpc) is 3.11. The summed E-state index contributed by atoms with van der Waals surface area (Å²) in [6, 6.07) is 7.86. The van der Waals surface area contributed by atoms with Crippen molar-refractivity contribution in [1.82, 2.24) is 15.1 Å². The molecule has 0 radical (unpaired) electrons. The van der Waals surface area contributed by atoms with Gasteiger partial charge in [-0.1, -0.05) is 25.2 Å². The van der Waals surface area contributed by atoms with Crippen molar-refractivity contribution in [2.45, 2.75) is 32.6 Å². The Labute approximate surface area is 146 Å². The largest absolute Gasteiger partial charge is 0.497 e. The third-order valence-corrected chi connectivity index (χ3v) is 5.49. The number of hydrogen-bond acceptors (Lipinski definition) is 5. The van der Waals surface area contributed by atoms with E-state index in [1.165, 1.54) is 0 Å². The zero-order valence-corrected chi connectivity index (χ0v) is 15.2. The molecule has 1 aromatic carbocycles. The molecule has 1 aromatic heterocycles. The molecule has 24 heavy (non-hydrogen) atoms. The van der Waals surface area contributed by atoms with Gasteiger partial charge in [0.1, 0.15) is 15.8 Å². The van der Waals surface area contributed by atoms with E-state index in [1.807, 2.05) is 43.0 Å². The summed E-state index contributed by atoms with van der Waals surface area (Å²) >= 11 is 1.63. The van der Waals surface area contributed by atoms with E-state index in [0.29, 0.717) is 5.92 Å². The van der Waals surface area contributed by atoms with Gasteiger partial charge in [-0.3, -0.25) is 4.79 Å². The van der Waals surface area contributed by atoms with E-state index in [1.54, 1.807) is 18.4 Å². The second-order valence-electron chi connectivity index (χ2n) is 6.45. The second-order valence-corrected chi connectivity index (χ2v) is 7.46. The number of aromatic nitrogens is 2. The summed E-state index contributed by atoms with van der Waals surface area (Å²) in [5.41, 5.74) is 1.05. The number of ether oxygens (including phenoxy) is 1. The van der Waals surface area contributed by atoms with Gasteiger partial charge in [0.15, 0.2) is 0 Å². The third kappa shape index (κ3) is 3.59. The summed E-state index contributed by atoms with van der Waals surface area (Å²) < 4.78 is 5.19. The van der Waals surface area contributed by atoms with Gasteiger partial charge in [0.05, 0.1) is 7.11 Å². The lowest BCUT2D eigenvalue weighted by Gasteiger charge is -2.32. The minimum atomic E-state index is 0.0491. The van der Waals surface area contributed by atoms with Crippen LogP contribution in [-0.2, 0) is 4.79 Å². The van der Waals surface area contributed by atoms with E-state index in [-0.39, 0.29) is 11.8 Å². The molecule has 6 heteroatoms. The summed E-state index contributed by atoms with van der Waals surface area (Å²) in [6.45, 7) is 5.53. The van der Waals surface area contributed by atoms with Crippen molar-refractivity contribution < 1.29 is 9.53 Å². The molecule has 0 spiro atoms. The zero-order chi connectivity index (χ0) is 17.1. The van der Waals surface area contributed by atoms with Crippen molar-refractivity contribution in [3.8, 4) is 16.3 Å². The summed E-state index contributed by atoms with van der Waals surface area (Å²) in [6.07, 6.45) is 2.10. The fraction of sp³-hybridized carbons (Fsp3) is 0.500. The van der Waals surface area contributed by atoms with Crippen LogP contribution in [-0.4, -0.2) is 41.2 Å². The Balaban J connectivity index is 1.73. The van der Waals surface area contributed by atoms with Gasteiger partial charge in [0.25, 0.3) is 0 Å². The van der Waals surface area contributed by atoms with Crippen LogP contribution in [0, 0.1) is 5.92 Å². The van der Waals surface area contributed by atoms with Crippen LogP contribution in [0.15, 0.2) is 24.3 Å². The molecular weight excluding hydrogens is 322 g/mol. The highest BCUT2D eigenvalue weighted by atomic mass is 32.1. The summed E-state index contributed by atoms with van der Waals surface area (Å²) in [5, 5.41) is 10.7. The number of carbonyl (C=O) groups excluding carboxylic acids is 1. The first kappa shape index (κ1) is 16.9. The van der Waals surface area contributed by atoms with Crippen molar-refractivity contribution in [2.75, 3.05) is 20.2 Å². The van der Waals surface area contributed by atoms with E-state index in [4.69, 9.17) is 4.74 Å². The smallest absolute Gasteiger partial charge is 0.225 e. The molecule has 1 fully saturated rings. The molecule has 0 bridgehead atoms. The quantitative estimate of drug-likeness (QED) is 0.850. The first-order valence-electron chi connectivity index (χ1n) is 8.35. The van der Waals surface area contributed by atoms with Crippen LogP contribution in [0.5, 0.6) is 5.75 Å². The predicted molar refractivity (Wildman–Crippen MR) is 95.3 cm³/mol. The number of piperidine rings is 1. The number of methoxy groups -OCH3 is 1. The molecule has 1 saturated heterocycles. The molecule has 0 saturated carbocycles. The highest BCUT2D eigenvalue weighted by Gasteiger charge is 2.28. The summed E-state index contributed by atoms with van der Waals surface area (Å²) in [5.74, 6) is 1.41. The van der Waals surface area contributed by atoms with Crippen LogP contribution in [0.2, 0.25) is 0 Å². The van der Waals surface area contributed by atoms with Crippen LogP contribution in [0.3, 0.4) is 0 Å². The normalized spacial score (nSPS) is 18.0. The summed E-state index contributed by atoms with van der Waals surface area (Å²) in [4.78, 5) is 14.2. The van der Waals surface area contributed by atoms with Gasteiger partial charge in [0.2, 0.25) is 5.91 Å². The van der Waals surface area contributed by atoms with Crippen LogP contribution in [0.4, 0.5) is 0 Å². The standard InChI is InChI=1S/C18H23N3O2S/c1-12(2)18(22)21-10-4-5-14(11-21)17-20-19-16(24-17)13-6-8-15(23-3)9-7-13/h6-9,12,14H,4-5,10-11H2,1-3H3. The molecule has 2 heterocycles. The number of likely N-dealkylation sites (tertiary alicyclic amines) is 1. The van der Waals surface area contributed by atoms with Crippen LogP contribution >= 0.6 is 11.3 Å². The van der Waals surface area contributed by atoms with E-state index >= 15 is 0 Å².